The second kappa shape index (κ2) is 8.32. The molecule has 166 valence electrons. The zero-order valence-electron chi connectivity index (χ0n) is 17.4. The zero-order chi connectivity index (χ0) is 22.9. The van der Waals surface area contributed by atoms with Crippen molar-refractivity contribution in [2.75, 3.05) is 36.7 Å². The summed E-state index contributed by atoms with van der Waals surface area (Å²) in [4.78, 5) is 22.3. The normalized spacial score (nSPS) is 15.8. The van der Waals surface area contributed by atoms with Gasteiger partial charge in [0.25, 0.3) is 0 Å². The lowest BCUT2D eigenvalue weighted by molar-refractivity contribution is -0.138. The SMILES string of the molecule is CCOC(=O)OC1=C(C)Nc2nc(N(C)C)nc(N)c2C1c1ccccc1C(F)(F)F. The Balaban J connectivity index is 2.28. The Morgan fingerprint density at radius 2 is 1.94 bits per heavy atom. The van der Waals surface area contributed by atoms with E-state index in [1.807, 2.05) is 0 Å². The number of halogens is 3. The summed E-state index contributed by atoms with van der Waals surface area (Å²) in [6.45, 7) is 3.19. The lowest BCUT2D eigenvalue weighted by Gasteiger charge is -2.31. The van der Waals surface area contributed by atoms with Crippen LogP contribution in [-0.4, -0.2) is 36.8 Å². The zero-order valence-corrected chi connectivity index (χ0v) is 17.4. The number of aromatic nitrogens is 2. The molecule has 3 N–H and O–H groups in total. The standard InChI is InChI=1S/C20H22F3N5O3/c1-5-30-19(29)31-15-10(2)25-17-14(16(24)26-18(27-17)28(3)4)13(15)11-8-6-7-9-12(11)20(21,22)23/h6-9,13H,5H2,1-4H3,(H3,24,25,26,27). The number of nitrogens with one attached hydrogen (secondary N) is 1. The predicted molar refractivity (Wildman–Crippen MR) is 108 cm³/mol. The summed E-state index contributed by atoms with van der Waals surface area (Å²) in [5.74, 6) is -0.799. The molecule has 1 atom stereocenters. The molecule has 0 fully saturated rings. The molecule has 0 radical (unpaired) electrons. The number of allylic oxidation sites excluding steroid dienone is 2. The van der Waals surface area contributed by atoms with Gasteiger partial charge in [-0.2, -0.15) is 23.1 Å². The number of fused-ring (bicyclic) bond motifs is 1. The Bertz CT molecular complexity index is 1040. The average Bonchev–Trinajstić information content (AvgIpc) is 2.68. The van der Waals surface area contributed by atoms with Gasteiger partial charge < -0.3 is 25.4 Å². The van der Waals surface area contributed by atoms with Crippen LogP contribution in [0.1, 0.15) is 36.5 Å². The van der Waals surface area contributed by atoms with Gasteiger partial charge >= 0.3 is 12.3 Å². The summed E-state index contributed by atoms with van der Waals surface area (Å²) in [6, 6.07) is 5.02. The molecule has 2 heterocycles. The van der Waals surface area contributed by atoms with Gasteiger partial charge in [0.05, 0.1) is 29.3 Å². The highest BCUT2D eigenvalue weighted by Crippen LogP contribution is 2.47. The number of alkyl halides is 3. The summed E-state index contributed by atoms with van der Waals surface area (Å²) in [5, 5.41) is 2.96. The van der Waals surface area contributed by atoms with Crippen LogP contribution in [0.4, 0.5) is 35.5 Å². The van der Waals surface area contributed by atoms with E-state index in [2.05, 4.69) is 15.3 Å². The molecule has 1 unspecified atom stereocenters. The molecule has 1 aromatic heterocycles. The number of nitrogens with two attached hydrogens (primary N) is 1. The van der Waals surface area contributed by atoms with Crippen molar-refractivity contribution in [1.29, 1.82) is 0 Å². The number of ether oxygens (including phenoxy) is 2. The fourth-order valence-electron chi connectivity index (χ4n) is 3.32. The first-order valence-corrected chi connectivity index (χ1v) is 9.37. The van der Waals surface area contributed by atoms with Crippen LogP contribution in [0.3, 0.4) is 0 Å². The molecule has 1 aliphatic rings. The molecule has 0 spiro atoms. The minimum Gasteiger partial charge on any atom is -0.434 e. The maximum absolute atomic E-state index is 13.8. The van der Waals surface area contributed by atoms with Crippen LogP contribution < -0.4 is 16.0 Å². The molecule has 1 aliphatic heterocycles. The van der Waals surface area contributed by atoms with Crippen LogP contribution >= 0.6 is 0 Å². The molecule has 31 heavy (non-hydrogen) atoms. The van der Waals surface area contributed by atoms with Gasteiger partial charge in [-0.05, 0) is 25.5 Å². The Morgan fingerprint density at radius 1 is 1.26 bits per heavy atom. The molecule has 0 bridgehead atoms. The third-order valence-corrected chi connectivity index (χ3v) is 4.62. The Labute approximate surface area is 176 Å². The number of anilines is 3. The van der Waals surface area contributed by atoms with Gasteiger partial charge in [-0.15, -0.1) is 0 Å². The van der Waals surface area contributed by atoms with Crippen molar-refractivity contribution < 1.29 is 27.4 Å². The highest BCUT2D eigenvalue weighted by atomic mass is 19.4. The largest absolute Gasteiger partial charge is 0.513 e. The van der Waals surface area contributed by atoms with Crippen LogP contribution in [0.15, 0.2) is 35.7 Å². The molecule has 8 nitrogen and oxygen atoms in total. The number of nitrogens with zero attached hydrogens (tertiary/aromatic N) is 3. The van der Waals surface area contributed by atoms with E-state index >= 15 is 0 Å². The first kappa shape index (κ1) is 22.2. The molecule has 3 rings (SSSR count). The molecular formula is C20H22F3N5O3. The lowest BCUT2D eigenvalue weighted by atomic mass is 9.84. The molecule has 2 aromatic rings. The molecule has 1 aromatic carbocycles. The number of benzene rings is 1. The summed E-state index contributed by atoms with van der Waals surface area (Å²) < 4.78 is 51.6. The molecule has 0 aliphatic carbocycles. The quantitative estimate of drug-likeness (QED) is 0.689. The van der Waals surface area contributed by atoms with E-state index in [1.54, 1.807) is 32.8 Å². The van der Waals surface area contributed by atoms with Gasteiger partial charge in [0.1, 0.15) is 17.4 Å². The van der Waals surface area contributed by atoms with Crippen LogP contribution in [0.5, 0.6) is 0 Å². The highest BCUT2D eigenvalue weighted by Gasteiger charge is 2.41. The molecule has 0 saturated heterocycles. The van der Waals surface area contributed by atoms with Crippen LogP contribution in [0.2, 0.25) is 0 Å². The number of carbonyl (C=O) groups is 1. The van der Waals surface area contributed by atoms with E-state index in [1.165, 1.54) is 18.2 Å². The van der Waals surface area contributed by atoms with E-state index in [-0.39, 0.29) is 41.1 Å². The first-order chi connectivity index (χ1) is 14.5. The second-order valence-electron chi connectivity index (χ2n) is 6.98. The van der Waals surface area contributed by atoms with Crippen molar-refractivity contribution in [3.63, 3.8) is 0 Å². The number of rotatable bonds is 4. The topological polar surface area (TPSA) is 103 Å². The van der Waals surface area contributed by atoms with Gasteiger partial charge in [-0.25, -0.2) is 4.79 Å². The fraction of sp³-hybridized carbons (Fsp3) is 0.350. The van der Waals surface area contributed by atoms with Crippen molar-refractivity contribution in [2.24, 2.45) is 0 Å². The molecule has 0 amide bonds. The molecular weight excluding hydrogens is 415 g/mol. The van der Waals surface area contributed by atoms with Crippen molar-refractivity contribution >= 4 is 23.7 Å². The van der Waals surface area contributed by atoms with E-state index in [9.17, 15) is 18.0 Å². The average molecular weight is 437 g/mol. The Morgan fingerprint density at radius 3 is 2.55 bits per heavy atom. The number of nitrogen functional groups attached to an aromatic ring is 1. The smallest absolute Gasteiger partial charge is 0.434 e. The first-order valence-electron chi connectivity index (χ1n) is 9.37. The highest BCUT2D eigenvalue weighted by molar-refractivity contribution is 5.72. The number of carbonyl (C=O) groups excluding carboxylic acids is 1. The van der Waals surface area contributed by atoms with Crippen molar-refractivity contribution in [2.45, 2.75) is 25.9 Å². The van der Waals surface area contributed by atoms with Crippen molar-refractivity contribution in [3.8, 4) is 0 Å². The summed E-state index contributed by atoms with van der Waals surface area (Å²) in [5.41, 5.74) is 5.60. The van der Waals surface area contributed by atoms with Crippen molar-refractivity contribution in [3.05, 3.63) is 52.4 Å². The van der Waals surface area contributed by atoms with E-state index < -0.39 is 23.8 Å². The lowest BCUT2D eigenvalue weighted by Crippen LogP contribution is -2.27. The predicted octanol–water partition coefficient (Wildman–Crippen LogP) is 4.11. The summed E-state index contributed by atoms with van der Waals surface area (Å²) in [7, 11) is 3.41. The van der Waals surface area contributed by atoms with Crippen molar-refractivity contribution in [1.82, 2.24) is 9.97 Å². The van der Waals surface area contributed by atoms with Gasteiger partial charge in [-0.1, -0.05) is 18.2 Å². The van der Waals surface area contributed by atoms with E-state index in [0.717, 1.165) is 6.07 Å². The van der Waals surface area contributed by atoms with Gasteiger partial charge in [0, 0.05) is 14.1 Å². The van der Waals surface area contributed by atoms with E-state index in [4.69, 9.17) is 15.2 Å². The van der Waals surface area contributed by atoms with Crippen LogP contribution in [0.25, 0.3) is 0 Å². The maximum atomic E-state index is 13.8. The molecule has 0 saturated carbocycles. The van der Waals surface area contributed by atoms with Gasteiger partial charge in [0.15, 0.2) is 0 Å². The third-order valence-electron chi connectivity index (χ3n) is 4.62. The van der Waals surface area contributed by atoms with Gasteiger partial charge in [0.2, 0.25) is 5.95 Å². The van der Waals surface area contributed by atoms with E-state index in [0.29, 0.717) is 5.70 Å². The maximum Gasteiger partial charge on any atom is 0.513 e. The minimum atomic E-state index is -4.65. The van der Waals surface area contributed by atoms with Gasteiger partial charge in [-0.3, -0.25) is 0 Å². The van der Waals surface area contributed by atoms with Crippen LogP contribution in [0, 0.1) is 0 Å². The summed E-state index contributed by atoms with van der Waals surface area (Å²) >= 11 is 0. The van der Waals surface area contributed by atoms with Crippen LogP contribution in [-0.2, 0) is 15.7 Å². The number of hydrogen-bond acceptors (Lipinski definition) is 8. The number of hydrogen-bond donors (Lipinski definition) is 2. The molecule has 11 heteroatoms. The minimum absolute atomic E-state index is 0.0381. The second-order valence-corrected chi connectivity index (χ2v) is 6.98. The monoisotopic (exact) mass is 437 g/mol. The fourth-order valence-corrected chi connectivity index (χ4v) is 3.32. The summed E-state index contributed by atoms with van der Waals surface area (Å²) in [6.07, 6.45) is -5.69. The Hall–Kier alpha value is -3.50. The third kappa shape index (κ3) is 4.35. The Kier molecular flexibility index (Phi) is 5.96.